The van der Waals surface area contributed by atoms with Crippen LogP contribution < -0.4 is 15.4 Å². The SMILES string of the molecule is Cc1nn(C)c2ncc(NC(=O)N[C@H]3COc4ccccc43)cc12. The van der Waals surface area contributed by atoms with Gasteiger partial charge in [-0.1, -0.05) is 18.2 Å². The number of fused-ring (bicyclic) bond motifs is 2. The van der Waals surface area contributed by atoms with Crippen LogP contribution in [0, 0.1) is 6.92 Å². The number of pyridine rings is 1. The van der Waals surface area contributed by atoms with Gasteiger partial charge in [-0.25, -0.2) is 9.78 Å². The fourth-order valence-corrected chi connectivity index (χ4v) is 2.98. The van der Waals surface area contributed by atoms with Gasteiger partial charge in [0.25, 0.3) is 0 Å². The Morgan fingerprint density at radius 3 is 3.08 bits per heavy atom. The van der Waals surface area contributed by atoms with E-state index in [0.717, 1.165) is 28.0 Å². The number of aromatic nitrogens is 3. The Bertz CT molecular complexity index is 934. The summed E-state index contributed by atoms with van der Waals surface area (Å²) in [5, 5.41) is 11.0. The van der Waals surface area contributed by atoms with Gasteiger partial charge >= 0.3 is 6.03 Å². The average molecular weight is 323 g/mol. The molecule has 1 atom stereocenters. The van der Waals surface area contributed by atoms with E-state index in [1.165, 1.54) is 0 Å². The molecule has 1 aliphatic heterocycles. The molecule has 7 nitrogen and oxygen atoms in total. The van der Waals surface area contributed by atoms with Gasteiger partial charge in [-0.2, -0.15) is 5.10 Å². The molecule has 1 aromatic carbocycles. The van der Waals surface area contributed by atoms with E-state index in [1.807, 2.05) is 44.3 Å². The summed E-state index contributed by atoms with van der Waals surface area (Å²) in [6.07, 6.45) is 1.63. The number of urea groups is 1. The zero-order valence-electron chi connectivity index (χ0n) is 13.4. The lowest BCUT2D eigenvalue weighted by Gasteiger charge is -2.12. The van der Waals surface area contributed by atoms with Gasteiger partial charge in [-0.3, -0.25) is 4.68 Å². The molecule has 1 aliphatic rings. The van der Waals surface area contributed by atoms with Crippen molar-refractivity contribution in [2.24, 2.45) is 7.05 Å². The van der Waals surface area contributed by atoms with Crippen LogP contribution in [0.15, 0.2) is 36.5 Å². The first kappa shape index (κ1) is 14.5. The smallest absolute Gasteiger partial charge is 0.319 e. The minimum absolute atomic E-state index is 0.155. The van der Waals surface area contributed by atoms with Gasteiger partial charge in [0.2, 0.25) is 0 Å². The van der Waals surface area contributed by atoms with Gasteiger partial charge in [0.15, 0.2) is 5.65 Å². The Morgan fingerprint density at radius 1 is 1.38 bits per heavy atom. The van der Waals surface area contributed by atoms with Crippen molar-refractivity contribution in [3.63, 3.8) is 0 Å². The van der Waals surface area contributed by atoms with Crippen LogP contribution in [0.2, 0.25) is 0 Å². The molecule has 2 amide bonds. The molecule has 2 N–H and O–H groups in total. The molecule has 0 saturated heterocycles. The minimum Gasteiger partial charge on any atom is -0.491 e. The minimum atomic E-state index is -0.289. The maximum atomic E-state index is 12.3. The van der Waals surface area contributed by atoms with Gasteiger partial charge < -0.3 is 15.4 Å². The number of ether oxygens (including phenoxy) is 1. The first-order chi connectivity index (χ1) is 11.6. The zero-order chi connectivity index (χ0) is 16.7. The molecule has 7 heteroatoms. The molecule has 4 rings (SSSR count). The van der Waals surface area contributed by atoms with Crippen molar-refractivity contribution in [3.8, 4) is 5.75 Å². The van der Waals surface area contributed by atoms with Gasteiger partial charge in [0.05, 0.1) is 23.6 Å². The number of hydrogen-bond acceptors (Lipinski definition) is 4. The largest absolute Gasteiger partial charge is 0.491 e. The van der Waals surface area contributed by atoms with Crippen LogP contribution in [0.4, 0.5) is 10.5 Å². The van der Waals surface area contributed by atoms with Crippen LogP contribution >= 0.6 is 0 Å². The number of amides is 2. The zero-order valence-corrected chi connectivity index (χ0v) is 13.4. The van der Waals surface area contributed by atoms with Crippen LogP contribution in [-0.2, 0) is 7.05 Å². The molecule has 0 aliphatic carbocycles. The topological polar surface area (TPSA) is 81.1 Å². The lowest BCUT2D eigenvalue weighted by molar-refractivity contribution is 0.243. The molecule has 0 fully saturated rings. The number of carbonyl (C=O) groups is 1. The fraction of sp³-hybridized carbons (Fsp3) is 0.235. The predicted octanol–water partition coefficient (Wildman–Crippen LogP) is 2.53. The van der Waals surface area contributed by atoms with Gasteiger partial charge in [0.1, 0.15) is 12.4 Å². The number of nitrogens with one attached hydrogen (secondary N) is 2. The second kappa shape index (κ2) is 5.52. The van der Waals surface area contributed by atoms with E-state index < -0.39 is 0 Å². The first-order valence-electron chi connectivity index (χ1n) is 7.70. The Kier molecular flexibility index (Phi) is 3.34. The maximum absolute atomic E-state index is 12.3. The Morgan fingerprint density at radius 2 is 2.21 bits per heavy atom. The van der Waals surface area contributed by atoms with E-state index in [-0.39, 0.29) is 12.1 Å². The third kappa shape index (κ3) is 2.44. The second-order valence-electron chi connectivity index (χ2n) is 5.80. The summed E-state index contributed by atoms with van der Waals surface area (Å²) in [5.41, 5.74) is 3.28. The lowest BCUT2D eigenvalue weighted by Crippen LogP contribution is -2.33. The summed E-state index contributed by atoms with van der Waals surface area (Å²) in [5.74, 6) is 0.817. The van der Waals surface area contributed by atoms with Crippen molar-refractivity contribution in [1.29, 1.82) is 0 Å². The number of rotatable bonds is 2. The summed E-state index contributed by atoms with van der Waals surface area (Å²) >= 11 is 0. The predicted molar refractivity (Wildman–Crippen MR) is 90.1 cm³/mol. The Balaban J connectivity index is 1.50. The van der Waals surface area contributed by atoms with Crippen molar-refractivity contribution >= 4 is 22.8 Å². The maximum Gasteiger partial charge on any atom is 0.319 e. The first-order valence-corrected chi connectivity index (χ1v) is 7.70. The number of para-hydroxylation sites is 1. The molecular weight excluding hydrogens is 306 g/mol. The summed E-state index contributed by atoms with van der Waals surface area (Å²) < 4.78 is 7.30. The Labute approximate surface area is 138 Å². The normalized spacial score (nSPS) is 15.8. The van der Waals surface area contributed by atoms with Crippen LogP contribution in [0.1, 0.15) is 17.3 Å². The van der Waals surface area contributed by atoms with Gasteiger partial charge in [-0.05, 0) is 19.1 Å². The van der Waals surface area contributed by atoms with Crippen molar-refractivity contribution in [2.45, 2.75) is 13.0 Å². The van der Waals surface area contributed by atoms with E-state index in [1.54, 1.807) is 10.9 Å². The highest BCUT2D eigenvalue weighted by atomic mass is 16.5. The number of aryl methyl sites for hydroxylation is 2. The number of benzene rings is 1. The standard InChI is InChI=1S/C17H17N5O2/c1-10-13-7-11(8-18-16(13)22(2)21-10)19-17(23)20-14-9-24-15-6-4-3-5-12(14)15/h3-8,14H,9H2,1-2H3,(H2,19,20,23)/t14-/m0/s1. The molecular formula is C17H17N5O2. The quantitative estimate of drug-likeness (QED) is 0.759. The molecule has 0 spiro atoms. The highest BCUT2D eigenvalue weighted by Gasteiger charge is 2.25. The lowest BCUT2D eigenvalue weighted by atomic mass is 10.1. The van der Waals surface area contributed by atoms with Crippen molar-refractivity contribution in [1.82, 2.24) is 20.1 Å². The molecule has 2 aromatic heterocycles. The highest BCUT2D eigenvalue weighted by Crippen LogP contribution is 2.31. The summed E-state index contributed by atoms with van der Waals surface area (Å²) in [7, 11) is 1.85. The fourth-order valence-electron chi connectivity index (χ4n) is 2.98. The molecule has 0 unspecified atom stereocenters. The van der Waals surface area contributed by atoms with Gasteiger partial charge in [0, 0.05) is 18.0 Å². The van der Waals surface area contributed by atoms with E-state index in [4.69, 9.17) is 4.74 Å². The molecule has 0 saturated carbocycles. The summed E-state index contributed by atoms with van der Waals surface area (Å²) in [6, 6.07) is 9.14. The molecule has 122 valence electrons. The molecule has 3 heterocycles. The van der Waals surface area contributed by atoms with E-state index in [9.17, 15) is 4.79 Å². The van der Waals surface area contributed by atoms with E-state index >= 15 is 0 Å². The van der Waals surface area contributed by atoms with Crippen LogP contribution in [0.5, 0.6) is 5.75 Å². The van der Waals surface area contributed by atoms with E-state index in [2.05, 4.69) is 20.7 Å². The highest BCUT2D eigenvalue weighted by molar-refractivity contribution is 5.92. The van der Waals surface area contributed by atoms with Crippen LogP contribution in [0.3, 0.4) is 0 Å². The summed E-state index contributed by atoms with van der Waals surface area (Å²) in [4.78, 5) is 16.6. The van der Waals surface area contributed by atoms with Gasteiger partial charge in [-0.15, -0.1) is 0 Å². The monoisotopic (exact) mass is 323 g/mol. The van der Waals surface area contributed by atoms with Crippen molar-refractivity contribution < 1.29 is 9.53 Å². The number of anilines is 1. The number of hydrogen-bond donors (Lipinski definition) is 2. The molecule has 0 radical (unpaired) electrons. The number of carbonyl (C=O) groups excluding carboxylic acids is 1. The number of nitrogens with zero attached hydrogens (tertiary/aromatic N) is 3. The Hall–Kier alpha value is -3.09. The van der Waals surface area contributed by atoms with E-state index in [0.29, 0.717) is 12.3 Å². The third-order valence-electron chi connectivity index (χ3n) is 4.13. The third-order valence-corrected chi connectivity index (χ3v) is 4.13. The average Bonchev–Trinajstić information content (AvgIpc) is 3.09. The summed E-state index contributed by atoms with van der Waals surface area (Å²) in [6.45, 7) is 2.35. The van der Waals surface area contributed by atoms with Crippen molar-refractivity contribution in [3.05, 3.63) is 47.8 Å². The molecule has 3 aromatic rings. The van der Waals surface area contributed by atoms with Crippen LogP contribution in [-0.4, -0.2) is 27.4 Å². The molecule has 24 heavy (non-hydrogen) atoms. The molecule has 0 bridgehead atoms. The van der Waals surface area contributed by atoms with Crippen molar-refractivity contribution in [2.75, 3.05) is 11.9 Å². The van der Waals surface area contributed by atoms with Crippen LogP contribution in [0.25, 0.3) is 11.0 Å². The second-order valence-corrected chi connectivity index (χ2v) is 5.80.